The molecule has 108 valence electrons. The minimum atomic E-state index is -0.408. The molecule has 0 saturated heterocycles. The molecule has 7 heteroatoms. The van der Waals surface area contributed by atoms with Crippen molar-refractivity contribution in [2.24, 2.45) is 0 Å². The van der Waals surface area contributed by atoms with E-state index < -0.39 is 4.92 Å². The molecule has 22 heavy (non-hydrogen) atoms. The number of aromatic amines is 1. The third-order valence-electron chi connectivity index (χ3n) is 3.25. The van der Waals surface area contributed by atoms with Crippen LogP contribution in [0, 0.1) is 21.4 Å². The van der Waals surface area contributed by atoms with Gasteiger partial charge in [0.05, 0.1) is 27.6 Å². The average Bonchev–Trinajstić information content (AvgIpc) is 2.94. The molecule has 0 saturated carbocycles. The number of nitro benzene ring substituents is 1. The van der Waals surface area contributed by atoms with Crippen LogP contribution in [-0.4, -0.2) is 14.9 Å². The van der Waals surface area contributed by atoms with Crippen molar-refractivity contribution in [1.82, 2.24) is 9.97 Å². The first-order chi connectivity index (χ1) is 10.7. The van der Waals surface area contributed by atoms with E-state index in [-0.39, 0.29) is 12.2 Å². The molecule has 0 aliphatic carbocycles. The number of para-hydroxylation sites is 1. The number of hydrogen-bond acceptors (Lipinski definition) is 5. The number of fused-ring (bicyclic) bond motifs is 1. The van der Waals surface area contributed by atoms with Gasteiger partial charge in [0.25, 0.3) is 5.69 Å². The lowest BCUT2D eigenvalue weighted by atomic mass is 10.2. The van der Waals surface area contributed by atoms with Crippen molar-refractivity contribution in [2.45, 2.75) is 6.54 Å². The normalized spacial score (nSPS) is 10.3. The van der Waals surface area contributed by atoms with Gasteiger partial charge in [0.15, 0.2) is 0 Å². The second-order valence-electron chi connectivity index (χ2n) is 4.67. The van der Waals surface area contributed by atoms with Crippen molar-refractivity contribution in [3.05, 3.63) is 63.7 Å². The number of nitrogens with one attached hydrogen (secondary N) is 2. The molecule has 1 aromatic heterocycles. The van der Waals surface area contributed by atoms with Crippen molar-refractivity contribution in [1.29, 1.82) is 5.26 Å². The Balaban J connectivity index is 1.83. The number of benzene rings is 2. The molecule has 3 rings (SSSR count). The van der Waals surface area contributed by atoms with Crippen LogP contribution in [0.4, 0.5) is 11.6 Å². The maximum Gasteiger partial charge on any atom is 0.274 e. The third-order valence-corrected chi connectivity index (χ3v) is 3.25. The monoisotopic (exact) mass is 293 g/mol. The fourth-order valence-electron chi connectivity index (χ4n) is 2.18. The molecule has 0 unspecified atom stereocenters. The van der Waals surface area contributed by atoms with Gasteiger partial charge in [-0.15, -0.1) is 0 Å². The molecule has 0 radical (unpaired) electrons. The first-order valence-electron chi connectivity index (χ1n) is 6.53. The molecule has 2 N–H and O–H groups in total. The summed E-state index contributed by atoms with van der Waals surface area (Å²) in [4.78, 5) is 17.9. The van der Waals surface area contributed by atoms with Gasteiger partial charge >= 0.3 is 0 Å². The Kier molecular flexibility index (Phi) is 3.42. The Bertz CT molecular complexity index is 894. The van der Waals surface area contributed by atoms with E-state index in [9.17, 15) is 10.1 Å². The number of anilines is 1. The van der Waals surface area contributed by atoms with E-state index in [0.717, 1.165) is 11.0 Å². The molecular formula is C15H11N5O2. The Morgan fingerprint density at radius 3 is 2.91 bits per heavy atom. The van der Waals surface area contributed by atoms with Gasteiger partial charge in [0, 0.05) is 18.2 Å². The first-order valence-corrected chi connectivity index (χ1v) is 6.53. The summed E-state index contributed by atoms with van der Waals surface area (Å²) >= 11 is 0. The van der Waals surface area contributed by atoms with Gasteiger partial charge in [-0.1, -0.05) is 18.2 Å². The van der Waals surface area contributed by atoms with Crippen molar-refractivity contribution in [3.63, 3.8) is 0 Å². The Morgan fingerprint density at radius 1 is 1.32 bits per heavy atom. The standard InChI is InChI=1S/C15H11N5O2/c16-8-10-5-6-12-13(7-10)19-15(18-12)17-9-11-3-1-2-4-14(11)20(21)22/h1-7H,9H2,(H2,17,18,19). The van der Waals surface area contributed by atoms with Gasteiger partial charge in [-0.3, -0.25) is 10.1 Å². The van der Waals surface area contributed by atoms with E-state index in [4.69, 9.17) is 5.26 Å². The minimum absolute atomic E-state index is 0.0675. The van der Waals surface area contributed by atoms with Gasteiger partial charge < -0.3 is 10.3 Å². The van der Waals surface area contributed by atoms with E-state index >= 15 is 0 Å². The number of nitro groups is 1. The van der Waals surface area contributed by atoms with Crippen LogP contribution in [0.5, 0.6) is 0 Å². The van der Waals surface area contributed by atoms with Crippen LogP contribution < -0.4 is 5.32 Å². The second kappa shape index (κ2) is 5.54. The van der Waals surface area contributed by atoms with Crippen LogP contribution in [0.3, 0.4) is 0 Å². The number of nitriles is 1. The fourth-order valence-corrected chi connectivity index (χ4v) is 2.18. The van der Waals surface area contributed by atoms with Gasteiger partial charge in [-0.2, -0.15) is 5.26 Å². The van der Waals surface area contributed by atoms with E-state index in [1.165, 1.54) is 6.07 Å². The van der Waals surface area contributed by atoms with E-state index in [0.29, 0.717) is 17.1 Å². The summed E-state index contributed by atoms with van der Waals surface area (Å²) < 4.78 is 0. The lowest BCUT2D eigenvalue weighted by molar-refractivity contribution is -0.385. The molecular weight excluding hydrogens is 282 g/mol. The van der Waals surface area contributed by atoms with Crippen molar-refractivity contribution in [3.8, 4) is 6.07 Å². The first kappa shape index (κ1) is 13.6. The molecule has 0 amide bonds. The van der Waals surface area contributed by atoms with E-state index in [1.54, 1.807) is 36.4 Å². The Morgan fingerprint density at radius 2 is 2.14 bits per heavy atom. The highest BCUT2D eigenvalue weighted by molar-refractivity contribution is 5.79. The quantitative estimate of drug-likeness (QED) is 0.568. The summed E-state index contributed by atoms with van der Waals surface area (Å²) in [6.45, 7) is 0.280. The van der Waals surface area contributed by atoms with Crippen LogP contribution in [-0.2, 0) is 6.54 Å². The highest BCUT2D eigenvalue weighted by Crippen LogP contribution is 2.20. The van der Waals surface area contributed by atoms with Crippen LogP contribution in [0.2, 0.25) is 0 Å². The largest absolute Gasteiger partial charge is 0.351 e. The van der Waals surface area contributed by atoms with Gasteiger partial charge in [-0.25, -0.2) is 4.98 Å². The molecule has 0 spiro atoms. The zero-order chi connectivity index (χ0) is 15.5. The van der Waals surface area contributed by atoms with Crippen LogP contribution >= 0.6 is 0 Å². The number of hydrogen-bond donors (Lipinski definition) is 2. The highest BCUT2D eigenvalue weighted by atomic mass is 16.6. The van der Waals surface area contributed by atoms with Crippen molar-refractivity contribution in [2.75, 3.05) is 5.32 Å². The van der Waals surface area contributed by atoms with Gasteiger partial charge in [0.2, 0.25) is 5.95 Å². The lowest BCUT2D eigenvalue weighted by Gasteiger charge is -2.03. The van der Waals surface area contributed by atoms with E-state index in [2.05, 4.69) is 21.4 Å². The molecule has 2 aromatic carbocycles. The SMILES string of the molecule is N#Cc1ccc2nc(NCc3ccccc3[N+](=O)[O-])[nH]c2c1. The van der Waals surface area contributed by atoms with Crippen LogP contribution in [0.25, 0.3) is 11.0 Å². The molecule has 0 aliphatic rings. The molecule has 3 aromatic rings. The highest BCUT2D eigenvalue weighted by Gasteiger charge is 2.12. The zero-order valence-corrected chi connectivity index (χ0v) is 11.4. The summed E-state index contributed by atoms with van der Waals surface area (Å²) in [5.41, 5.74) is 2.65. The predicted octanol–water partition coefficient (Wildman–Crippen LogP) is 2.95. The van der Waals surface area contributed by atoms with Crippen molar-refractivity contribution >= 4 is 22.7 Å². The summed E-state index contributed by atoms with van der Waals surface area (Å²) in [5.74, 6) is 0.503. The summed E-state index contributed by atoms with van der Waals surface area (Å²) in [5, 5.41) is 22.9. The Hall–Kier alpha value is -3.40. The zero-order valence-electron chi connectivity index (χ0n) is 11.4. The molecule has 0 bridgehead atoms. The molecule has 7 nitrogen and oxygen atoms in total. The number of imidazole rings is 1. The average molecular weight is 293 g/mol. The Labute approximate surface area is 125 Å². The van der Waals surface area contributed by atoms with Crippen LogP contribution in [0.15, 0.2) is 42.5 Å². The molecule has 0 atom stereocenters. The maximum atomic E-state index is 11.0. The number of nitrogens with zero attached hydrogens (tertiary/aromatic N) is 3. The summed E-state index contributed by atoms with van der Waals surface area (Å²) in [7, 11) is 0. The third kappa shape index (κ3) is 2.58. The van der Waals surface area contributed by atoms with Gasteiger partial charge in [0.1, 0.15) is 0 Å². The number of H-pyrrole nitrogens is 1. The molecule has 1 heterocycles. The minimum Gasteiger partial charge on any atom is -0.351 e. The van der Waals surface area contributed by atoms with E-state index in [1.807, 2.05) is 0 Å². The molecule has 0 fully saturated rings. The second-order valence-corrected chi connectivity index (χ2v) is 4.67. The maximum absolute atomic E-state index is 11.0. The topological polar surface area (TPSA) is 108 Å². The number of aromatic nitrogens is 2. The molecule has 0 aliphatic heterocycles. The smallest absolute Gasteiger partial charge is 0.274 e. The summed E-state index contributed by atoms with van der Waals surface area (Å²) in [6.07, 6.45) is 0. The number of rotatable bonds is 4. The lowest BCUT2D eigenvalue weighted by Crippen LogP contribution is -2.03. The van der Waals surface area contributed by atoms with Gasteiger partial charge in [-0.05, 0) is 18.2 Å². The fraction of sp³-hybridized carbons (Fsp3) is 0.0667. The summed E-state index contributed by atoms with van der Waals surface area (Å²) in [6, 6.07) is 13.8. The predicted molar refractivity (Wildman–Crippen MR) is 81.2 cm³/mol. The van der Waals surface area contributed by atoms with Crippen LogP contribution in [0.1, 0.15) is 11.1 Å². The van der Waals surface area contributed by atoms with Crippen molar-refractivity contribution < 1.29 is 4.92 Å².